The average molecular weight is 622 g/mol. The van der Waals surface area contributed by atoms with Crippen molar-refractivity contribution < 1.29 is 33.5 Å². The summed E-state index contributed by atoms with van der Waals surface area (Å²) in [5, 5.41) is 8.24. The molecular formula is C32H55N5O7. The predicted octanol–water partition coefficient (Wildman–Crippen LogP) is 2.96. The molecule has 5 amide bonds. The number of nitrogens with two attached hydrogens (primary N) is 1. The molecule has 44 heavy (non-hydrogen) atoms. The lowest BCUT2D eigenvalue weighted by Crippen LogP contribution is -2.60. The lowest BCUT2D eigenvalue weighted by molar-refractivity contribution is -0.152. The highest BCUT2D eigenvalue weighted by Gasteiger charge is 2.39. The summed E-state index contributed by atoms with van der Waals surface area (Å²) >= 11 is 0. The molecule has 0 bridgehead atoms. The number of carbonyl (C=O) groups is 6. The molecule has 4 atom stereocenters. The molecule has 2 aliphatic rings. The molecule has 1 unspecified atom stereocenters. The number of nitrogens with one attached hydrogen (secondary N) is 3. The van der Waals surface area contributed by atoms with Crippen molar-refractivity contribution in [3.8, 4) is 0 Å². The maximum atomic E-state index is 14.1. The third kappa shape index (κ3) is 11.4. The van der Waals surface area contributed by atoms with E-state index in [0.29, 0.717) is 38.6 Å². The molecule has 12 nitrogen and oxygen atoms in total. The molecule has 2 rings (SSSR count). The van der Waals surface area contributed by atoms with E-state index in [1.165, 1.54) is 4.90 Å². The molecule has 250 valence electrons. The largest absolute Gasteiger partial charge is 0.461 e. The topological polar surface area (TPSA) is 177 Å². The fourth-order valence-electron chi connectivity index (χ4n) is 5.68. The van der Waals surface area contributed by atoms with Crippen LogP contribution in [0.3, 0.4) is 0 Å². The van der Waals surface area contributed by atoms with Crippen molar-refractivity contribution in [3.63, 3.8) is 0 Å². The first-order valence-electron chi connectivity index (χ1n) is 16.2. The number of carbonyl (C=O) groups excluding carboxylic acids is 6. The van der Waals surface area contributed by atoms with Crippen LogP contribution in [0.4, 0.5) is 4.79 Å². The van der Waals surface area contributed by atoms with Gasteiger partial charge < -0.3 is 31.3 Å². The van der Waals surface area contributed by atoms with Gasteiger partial charge >= 0.3 is 12.0 Å². The first-order chi connectivity index (χ1) is 20.5. The average Bonchev–Trinajstić information content (AvgIpc) is 2.96. The molecule has 0 aromatic rings. The maximum absolute atomic E-state index is 14.1. The van der Waals surface area contributed by atoms with Gasteiger partial charge in [-0.15, -0.1) is 0 Å². The molecule has 1 heterocycles. The minimum Gasteiger partial charge on any atom is -0.461 e. The predicted molar refractivity (Wildman–Crippen MR) is 166 cm³/mol. The second-order valence-electron chi connectivity index (χ2n) is 14.2. The fourth-order valence-corrected chi connectivity index (χ4v) is 5.68. The van der Waals surface area contributed by atoms with Gasteiger partial charge in [0.1, 0.15) is 18.1 Å². The number of primary amides is 1. The van der Waals surface area contributed by atoms with Crippen molar-refractivity contribution in [2.24, 2.45) is 23.0 Å². The Labute approximate surface area is 262 Å². The number of hydrogen-bond donors (Lipinski definition) is 4. The summed E-state index contributed by atoms with van der Waals surface area (Å²) in [5.74, 6) is -3.19. The van der Waals surface area contributed by atoms with Crippen molar-refractivity contribution >= 4 is 35.5 Å². The number of ether oxygens (including phenoxy) is 1. The zero-order valence-electron chi connectivity index (χ0n) is 27.7. The number of nitrogens with zero attached hydrogens (tertiary/aromatic N) is 1. The quantitative estimate of drug-likeness (QED) is 0.180. The second-order valence-corrected chi connectivity index (χ2v) is 14.2. The SMILES string of the molecule is CC(C)CC(C(=O)N[C@@H](CC1CCC1)C(=O)C(N)=O)N1CCCCCC[C@H](NC(=O)N[C@H](C(=O)OC(C)C)C(C)(C)C)C1=O. The van der Waals surface area contributed by atoms with Gasteiger partial charge in [0.05, 0.1) is 12.1 Å². The van der Waals surface area contributed by atoms with Gasteiger partial charge in [-0.3, -0.25) is 19.2 Å². The number of esters is 1. The molecule has 0 aromatic heterocycles. The molecule has 1 saturated carbocycles. The van der Waals surface area contributed by atoms with Gasteiger partial charge in [-0.05, 0) is 56.8 Å². The lowest BCUT2D eigenvalue weighted by atomic mass is 9.80. The van der Waals surface area contributed by atoms with Gasteiger partial charge in [-0.2, -0.15) is 0 Å². The van der Waals surface area contributed by atoms with Crippen LogP contribution < -0.4 is 21.7 Å². The van der Waals surface area contributed by atoms with Crippen molar-refractivity contribution in [1.82, 2.24) is 20.9 Å². The minimum absolute atomic E-state index is 0.0253. The second kappa shape index (κ2) is 16.8. The summed E-state index contributed by atoms with van der Waals surface area (Å²) in [5.41, 5.74) is 4.66. The van der Waals surface area contributed by atoms with Crippen molar-refractivity contribution in [2.75, 3.05) is 6.54 Å². The normalized spacial score (nSPS) is 20.3. The number of ketones is 1. The third-order valence-corrected chi connectivity index (χ3v) is 8.30. The van der Waals surface area contributed by atoms with E-state index in [9.17, 15) is 28.8 Å². The molecule has 5 N–H and O–H groups in total. The summed E-state index contributed by atoms with van der Waals surface area (Å²) in [6.07, 6.45) is 6.58. The minimum atomic E-state index is -1.10. The molecule has 1 aliphatic carbocycles. The van der Waals surface area contributed by atoms with Gasteiger partial charge in [0.25, 0.3) is 5.91 Å². The number of Topliss-reactive ketones (excluding diaryl/α,β-unsaturated/α-hetero) is 1. The van der Waals surface area contributed by atoms with Gasteiger partial charge in [0.15, 0.2) is 0 Å². The number of urea groups is 1. The van der Waals surface area contributed by atoms with Crippen LogP contribution in [0.25, 0.3) is 0 Å². The molecule has 2 fully saturated rings. The van der Waals surface area contributed by atoms with Crippen molar-refractivity contribution in [3.05, 3.63) is 0 Å². The Kier molecular flexibility index (Phi) is 14.1. The van der Waals surface area contributed by atoms with Crippen LogP contribution in [-0.2, 0) is 28.7 Å². The zero-order chi connectivity index (χ0) is 33.2. The Morgan fingerprint density at radius 2 is 1.57 bits per heavy atom. The zero-order valence-corrected chi connectivity index (χ0v) is 27.7. The highest BCUT2D eigenvalue weighted by molar-refractivity contribution is 6.37. The van der Waals surface area contributed by atoms with Crippen LogP contribution in [0.1, 0.15) is 113 Å². The van der Waals surface area contributed by atoms with Crippen LogP contribution in [0, 0.1) is 17.3 Å². The van der Waals surface area contributed by atoms with Crippen molar-refractivity contribution in [2.45, 2.75) is 143 Å². The summed E-state index contributed by atoms with van der Waals surface area (Å²) in [6.45, 7) is 13.1. The Hall–Kier alpha value is -3.18. The smallest absolute Gasteiger partial charge is 0.329 e. The number of amides is 5. The maximum Gasteiger partial charge on any atom is 0.329 e. The monoisotopic (exact) mass is 621 g/mol. The van der Waals surface area contributed by atoms with E-state index in [0.717, 1.165) is 32.1 Å². The standard InChI is InChI=1S/C32H55N5O7/c1-19(2)17-24(28(40)34-23(25(38)27(33)39)18-21-13-12-14-21)37-16-11-9-8-10-15-22(29(37)41)35-31(43)36-26(32(5,6)7)30(42)44-20(3)4/h19-24,26H,8-18H2,1-7H3,(H2,33,39)(H,34,40)(H2,35,36,43)/t22-,23-,24?,26+/m0/s1. The summed E-state index contributed by atoms with van der Waals surface area (Å²) < 4.78 is 5.36. The number of rotatable bonds is 13. The third-order valence-electron chi connectivity index (χ3n) is 8.30. The van der Waals surface area contributed by atoms with Crippen LogP contribution in [-0.4, -0.2) is 77.2 Å². The van der Waals surface area contributed by atoms with Crippen molar-refractivity contribution in [1.29, 1.82) is 0 Å². The fraction of sp³-hybridized carbons (Fsp3) is 0.812. The van der Waals surface area contributed by atoms with E-state index >= 15 is 0 Å². The summed E-state index contributed by atoms with van der Waals surface area (Å²) in [4.78, 5) is 79.9. The van der Waals surface area contributed by atoms with Crippen LogP contribution in [0.15, 0.2) is 0 Å². The van der Waals surface area contributed by atoms with Gasteiger partial charge in [-0.1, -0.05) is 73.1 Å². The molecule has 12 heteroatoms. The summed E-state index contributed by atoms with van der Waals surface area (Å²) in [7, 11) is 0. The van der Waals surface area contributed by atoms with E-state index in [2.05, 4.69) is 16.0 Å². The Morgan fingerprint density at radius 1 is 0.932 bits per heavy atom. The Bertz CT molecular complexity index is 1030. The molecule has 0 spiro atoms. The van der Waals surface area contributed by atoms with Gasteiger partial charge in [0.2, 0.25) is 17.6 Å². The van der Waals surface area contributed by atoms with E-state index in [4.69, 9.17) is 10.5 Å². The Balaban J connectivity index is 2.31. The van der Waals surface area contributed by atoms with E-state index in [1.54, 1.807) is 13.8 Å². The highest BCUT2D eigenvalue weighted by Crippen LogP contribution is 2.31. The van der Waals surface area contributed by atoms with Gasteiger partial charge in [0, 0.05) is 6.54 Å². The molecule has 0 aromatic carbocycles. The van der Waals surface area contributed by atoms with Crippen LogP contribution in [0.5, 0.6) is 0 Å². The van der Waals surface area contributed by atoms with Crippen LogP contribution in [0.2, 0.25) is 0 Å². The molecular weight excluding hydrogens is 566 g/mol. The first-order valence-corrected chi connectivity index (χ1v) is 16.2. The molecule has 1 aliphatic heterocycles. The first kappa shape index (κ1) is 37.0. The lowest BCUT2D eigenvalue weighted by Gasteiger charge is -2.36. The summed E-state index contributed by atoms with van der Waals surface area (Å²) in [6, 6.07) is -4.54. The Morgan fingerprint density at radius 3 is 2.09 bits per heavy atom. The van der Waals surface area contributed by atoms with E-state index in [1.807, 2.05) is 34.6 Å². The van der Waals surface area contributed by atoms with Gasteiger partial charge in [-0.25, -0.2) is 9.59 Å². The molecule has 1 saturated heterocycles. The molecule has 0 radical (unpaired) electrons. The van der Waals surface area contributed by atoms with Crippen LogP contribution >= 0.6 is 0 Å². The number of hydrogen-bond acceptors (Lipinski definition) is 7. The highest BCUT2D eigenvalue weighted by atomic mass is 16.5. The van der Waals surface area contributed by atoms with E-state index < -0.39 is 65.1 Å². The van der Waals surface area contributed by atoms with E-state index in [-0.39, 0.29) is 17.9 Å².